The Kier molecular flexibility index (Phi) is 3.50. The number of anilines is 2. The predicted octanol–water partition coefficient (Wildman–Crippen LogP) is 2.44. The molecule has 2 rings (SSSR count). The molecular weight excluding hydrogens is 247 g/mol. The van der Waals surface area contributed by atoms with Crippen LogP contribution in [0.15, 0.2) is 30.6 Å². The van der Waals surface area contributed by atoms with Crippen LogP contribution in [0.25, 0.3) is 0 Å². The Labute approximate surface area is 110 Å². The summed E-state index contributed by atoms with van der Waals surface area (Å²) in [5.74, 6) is -0.859. The number of nitrogens with zero attached hydrogens (tertiary/aromatic N) is 2. The number of aromatic nitrogens is 2. The number of nitrogens with one attached hydrogen (secondary N) is 1. The first-order chi connectivity index (χ1) is 8.97. The lowest BCUT2D eigenvalue weighted by molar-refractivity contribution is 0.102. The molecule has 100 valence electrons. The van der Waals surface area contributed by atoms with Gasteiger partial charge < -0.3 is 11.1 Å². The third-order valence-corrected chi connectivity index (χ3v) is 2.65. The van der Waals surface area contributed by atoms with Gasteiger partial charge in [0.25, 0.3) is 5.91 Å². The van der Waals surface area contributed by atoms with E-state index in [9.17, 15) is 9.18 Å². The lowest BCUT2D eigenvalue weighted by atomic mass is 10.1. The summed E-state index contributed by atoms with van der Waals surface area (Å²) in [6.07, 6.45) is 3.28. The van der Waals surface area contributed by atoms with Crippen LogP contribution in [0.4, 0.5) is 15.8 Å². The van der Waals surface area contributed by atoms with Gasteiger partial charge in [0.2, 0.25) is 0 Å². The second-order valence-electron chi connectivity index (χ2n) is 4.49. The molecule has 0 fully saturated rings. The average Bonchev–Trinajstić information content (AvgIpc) is 2.77. The Morgan fingerprint density at radius 2 is 2.21 bits per heavy atom. The van der Waals surface area contributed by atoms with Crippen LogP contribution >= 0.6 is 0 Å². The van der Waals surface area contributed by atoms with Gasteiger partial charge in [0.1, 0.15) is 5.82 Å². The second-order valence-corrected chi connectivity index (χ2v) is 4.49. The summed E-state index contributed by atoms with van der Waals surface area (Å²) in [5, 5.41) is 6.78. The van der Waals surface area contributed by atoms with E-state index in [1.807, 2.05) is 13.8 Å². The van der Waals surface area contributed by atoms with Crippen molar-refractivity contribution in [2.24, 2.45) is 0 Å². The van der Waals surface area contributed by atoms with Gasteiger partial charge in [-0.2, -0.15) is 5.10 Å². The first-order valence-electron chi connectivity index (χ1n) is 5.88. The van der Waals surface area contributed by atoms with E-state index < -0.39 is 5.82 Å². The van der Waals surface area contributed by atoms with E-state index in [0.717, 1.165) is 6.07 Å². The lowest BCUT2D eigenvalue weighted by Gasteiger charge is -2.06. The minimum Gasteiger partial charge on any atom is -0.398 e. The third kappa shape index (κ3) is 2.90. The van der Waals surface area contributed by atoms with Gasteiger partial charge in [-0.05, 0) is 32.0 Å². The zero-order valence-electron chi connectivity index (χ0n) is 10.7. The van der Waals surface area contributed by atoms with Crippen molar-refractivity contribution < 1.29 is 9.18 Å². The highest BCUT2D eigenvalue weighted by molar-refractivity contribution is 6.07. The van der Waals surface area contributed by atoms with Gasteiger partial charge in [0.15, 0.2) is 0 Å². The molecule has 0 aliphatic heterocycles. The second kappa shape index (κ2) is 5.09. The van der Waals surface area contributed by atoms with Gasteiger partial charge in [0, 0.05) is 17.9 Å². The fourth-order valence-electron chi connectivity index (χ4n) is 1.62. The monoisotopic (exact) mass is 262 g/mol. The number of nitrogen functional groups attached to an aromatic ring is 1. The molecule has 0 unspecified atom stereocenters. The summed E-state index contributed by atoms with van der Waals surface area (Å²) in [4.78, 5) is 12.0. The van der Waals surface area contributed by atoms with Gasteiger partial charge in [0.05, 0.1) is 17.4 Å². The van der Waals surface area contributed by atoms with E-state index >= 15 is 0 Å². The van der Waals surface area contributed by atoms with E-state index in [1.165, 1.54) is 12.1 Å². The van der Waals surface area contributed by atoms with Crippen LogP contribution in [-0.2, 0) is 0 Å². The molecule has 1 heterocycles. The maximum absolute atomic E-state index is 12.9. The number of amides is 1. The predicted molar refractivity (Wildman–Crippen MR) is 71.4 cm³/mol. The van der Waals surface area contributed by atoms with Crippen LogP contribution in [-0.4, -0.2) is 15.7 Å². The van der Waals surface area contributed by atoms with Crippen molar-refractivity contribution >= 4 is 17.3 Å². The minimum absolute atomic E-state index is 0.105. The van der Waals surface area contributed by atoms with Crippen LogP contribution in [0.1, 0.15) is 30.2 Å². The van der Waals surface area contributed by atoms with E-state index in [1.54, 1.807) is 17.1 Å². The number of carbonyl (C=O) groups is 1. The number of hydrogen-bond donors (Lipinski definition) is 2. The summed E-state index contributed by atoms with van der Waals surface area (Å²) in [6, 6.07) is 3.88. The molecule has 0 aliphatic rings. The molecule has 3 N–H and O–H groups in total. The molecule has 0 atom stereocenters. The number of halogens is 1. The Hall–Kier alpha value is -2.37. The first kappa shape index (κ1) is 13.1. The standard InChI is InChI=1S/C13H15FN4O/c1-8(2)18-7-10(6-16-18)17-13(19)11-4-3-9(14)5-12(11)15/h3-8H,15H2,1-2H3,(H,17,19). The molecule has 5 nitrogen and oxygen atoms in total. The van der Waals surface area contributed by atoms with E-state index in [4.69, 9.17) is 5.73 Å². The molecule has 0 saturated heterocycles. The quantitative estimate of drug-likeness (QED) is 0.834. The highest BCUT2D eigenvalue weighted by Crippen LogP contribution is 2.16. The van der Waals surface area contributed by atoms with Crippen LogP contribution in [0.3, 0.4) is 0 Å². The maximum atomic E-state index is 12.9. The number of benzene rings is 1. The fourth-order valence-corrected chi connectivity index (χ4v) is 1.62. The average molecular weight is 262 g/mol. The summed E-state index contributed by atoms with van der Waals surface area (Å²) < 4.78 is 14.6. The smallest absolute Gasteiger partial charge is 0.257 e. The van der Waals surface area contributed by atoms with Crippen LogP contribution in [0.5, 0.6) is 0 Å². The summed E-state index contributed by atoms with van der Waals surface area (Å²) in [7, 11) is 0. The van der Waals surface area contributed by atoms with Gasteiger partial charge >= 0.3 is 0 Å². The summed E-state index contributed by atoms with van der Waals surface area (Å²) in [6.45, 7) is 3.97. The zero-order valence-corrected chi connectivity index (χ0v) is 10.7. The Bertz CT molecular complexity index is 606. The molecule has 1 aromatic heterocycles. The topological polar surface area (TPSA) is 72.9 Å². The molecule has 6 heteroatoms. The first-order valence-corrected chi connectivity index (χ1v) is 5.88. The summed E-state index contributed by atoms with van der Waals surface area (Å²) >= 11 is 0. The molecule has 19 heavy (non-hydrogen) atoms. The summed E-state index contributed by atoms with van der Waals surface area (Å²) in [5.41, 5.74) is 6.52. The van der Waals surface area contributed by atoms with Gasteiger partial charge in [-0.3, -0.25) is 9.48 Å². The van der Waals surface area contributed by atoms with Crippen molar-refractivity contribution in [2.45, 2.75) is 19.9 Å². The zero-order chi connectivity index (χ0) is 14.0. The molecular formula is C13H15FN4O. The highest BCUT2D eigenvalue weighted by Gasteiger charge is 2.12. The number of nitrogens with two attached hydrogens (primary N) is 1. The largest absolute Gasteiger partial charge is 0.398 e. The van der Waals surface area contributed by atoms with E-state index in [2.05, 4.69) is 10.4 Å². The lowest BCUT2D eigenvalue weighted by Crippen LogP contribution is -2.13. The van der Waals surface area contributed by atoms with Gasteiger partial charge in [-0.15, -0.1) is 0 Å². The molecule has 0 saturated carbocycles. The Morgan fingerprint density at radius 1 is 1.47 bits per heavy atom. The van der Waals surface area contributed by atoms with Crippen molar-refractivity contribution in [2.75, 3.05) is 11.1 Å². The molecule has 0 bridgehead atoms. The minimum atomic E-state index is -0.471. The molecule has 1 aromatic carbocycles. The van der Waals surface area contributed by atoms with E-state index in [-0.39, 0.29) is 23.2 Å². The third-order valence-electron chi connectivity index (χ3n) is 2.65. The van der Waals surface area contributed by atoms with Crippen molar-refractivity contribution in [3.63, 3.8) is 0 Å². The van der Waals surface area contributed by atoms with Crippen LogP contribution < -0.4 is 11.1 Å². The highest BCUT2D eigenvalue weighted by atomic mass is 19.1. The molecule has 0 radical (unpaired) electrons. The number of rotatable bonds is 3. The Balaban J connectivity index is 2.16. The molecule has 0 spiro atoms. The van der Waals surface area contributed by atoms with Gasteiger partial charge in [-0.1, -0.05) is 0 Å². The Morgan fingerprint density at radius 3 is 2.79 bits per heavy atom. The molecule has 0 aliphatic carbocycles. The van der Waals surface area contributed by atoms with E-state index in [0.29, 0.717) is 5.69 Å². The van der Waals surface area contributed by atoms with Crippen LogP contribution in [0, 0.1) is 5.82 Å². The molecule has 2 aromatic rings. The SMILES string of the molecule is CC(C)n1cc(NC(=O)c2ccc(F)cc2N)cn1. The fraction of sp³-hybridized carbons (Fsp3) is 0.231. The van der Waals surface area contributed by atoms with Crippen molar-refractivity contribution in [3.05, 3.63) is 42.0 Å². The number of carbonyl (C=O) groups excluding carboxylic acids is 1. The van der Waals surface area contributed by atoms with Gasteiger partial charge in [-0.25, -0.2) is 4.39 Å². The van der Waals surface area contributed by atoms with Crippen molar-refractivity contribution in [1.82, 2.24) is 9.78 Å². The van der Waals surface area contributed by atoms with Crippen molar-refractivity contribution in [3.8, 4) is 0 Å². The normalized spacial score (nSPS) is 10.7. The molecule has 1 amide bonds. The van der Waals surface area contributed by atoms with Crippen molar-refractivity contribution in [1.29, 1.82) is 0 Å². The van der Waals surface area contributed by atoms with Crippen LogP contribution in [0.2, 0.25) is 0 Å². The maximum Gasteiger partial charge on any atom is 0.257 e. The number of hydrogen-bond acceptors (Lipinski definition) is 3.